The van der Waals surface area contributed by atoms with Crippen molar-refractivity contribution in [1.29, 1.82) is 0 Å². The summed E-state index contributed by atoms with van der Waals surface area (Å²) in [5.41, 5.74) is 1.64. The number of nitrogens with one attached hydrogen (secondary N) is 6. The minimum absolute atomic E-state index is 0.0597. The second-order valence-electron chi connectivity index (χ2n) is 12.0. The SMILES string of the molecule is CCCNCCCNC(=O)[C@H](CC1OC1C[C@H](NC(=O)OCc1ccccc1)C(=O)NCCCNCCC)NC(=O)OCc1ccccc1. The molecule has 1 fully saturated rings. The summed E-state index contributed by atoms with van der Waals surface area (Å²) in [5.74, 6) is -0.704. The van der Waals surface area contributed by atoms with E-state index < -0.39 is 36.5 Å². The average molecular weight is 683 g/mol. The van der Waals surface area contributed by atoms with Gasteiger partial charge in [0.2, 0.25) is 11.8 Å². The van der Waals surface area contributed by atoms with Crippen molar-refractivity contribution in [3.05, 3.63) is 71.8 Å². The van der Waals surface area contributed by atoms with Gasteiger partial charge in [0, 0.05) is 25.9 Å². The van der Waals surface area contributed by atoms with E-state index in [0.717, 1.165) is 63.0 Å². The van der Waals surface area contributed by atoms with Crippen LogP contribution in [-0.4, -0.2) is 87.6 Å². The Morgan fingerprint density at radius 3 is 1.41 bits per heavy atom. The van der Waals surface area contributed by atoms with Crippen LogP contribution in [0.5, 0.6) is 0 Å². The molecule has 3 rings (SSSR count). The third-order valence-electron chi connectivity index (χ3n) is 7.78. The van der Waals surface area contributed by atoms with Crippen LogP contribution in [0.1, 0.15) is 63.5 Å². The van der Waals surface area contributed by atoms with Crippen molar-refractivity contribution in [3.8, 4) is 0 Å². The highest BCUT2D eigenvalue weighted by molar-refractivity contribution is 5.86. The number of alkyl carbamates (subject to hydrolysis) is 2. The molecule has 0 saturated carbocycles. The Kier molecular flexibility index (Phi) is 18.6. The Labute approximate surface area is 290 Å². The molecule has 2 unspecified atom stereocenters. The van der Waals surface area contributed by atoms with Gasteiger partial charge in [-0.1, -0.05) is 74.5 Å². The maximum Gasteiger partial charge on any atom is 0.408 e. The van der Waals surface area contributed by atoms with E-state index >= 15 is 0 Å². The molecule has 270 valence electrons. The van der Waals surface area contributed by atoms with E-state index in [1.54, 1.807) is 0 Å². The van der Waals surface area contributed by atoms with Crippen molar-refractivity contribution < 1.29 is 33.4 Å². The zero-order valence-electron chi connectivity index (χ0n) is 28.8. The zero-order valence-corrected chi connectivity index (χ0v) is 28.8. The van der Waals surface area contributed by atoms with Crippen LogP contribution < -0.4 is 31.9 Å². The van der Waals surface area contributed by atoms with Gasteiger partial charge in [0.15, 0.2) is 0 Å². The Morgan fingerprint density at radius 1 is 0.612 bits per heavy atom. The number of amides is 4. The summed E-state index contributed by atoms with van der Waals surface area (Å²) in [5, 5.41) is 17.7. The van der Waals surface area contributed by atoms with E-state index in [1.807, 2.05) is 60.7 Å². The highest BCUT2D eigenvalue weighted by Gasteiger charge is 2.44. The molecule has 4 atom stereocenters. The molecule has 2 aromatic rings. The number of ether oxygens (including phenoxy) is 3. The van der Waals surface area contributed by atoms with Crippen LogP contribution >= 0.6 is 0 Å². The molecular formula is C36H54N6O7. The second kappa shape index (κ2) is 23.2. The first kappa shape index (κ1) is 39.2. The third kappa shape index (κ3) is 16.6. The van der Waals surface area contributed by atoms with Crippen molar-refractivity contribution in [3.63, 3.8) is 0 Å². The van der Waals surface area contributed by atoms with Crippen LogP contribution in [0.15, 0.2) is 60.7 Å². The number of hydrogen-bond acceptors (Lipinski definition) is 9. The smallest absolute Gasteiger partial charge is 0.408 e. The third-order valence-corrected chi connectivity index (χ3v) is 7.78. The van der Waals surface area contributed by atoms with Crippen molar-refractivity contribution in [2.45, 2.75) is 89.9 Å². The summed E-state index contributed by atoms with van der Waals surface area (Å²) in [7, 11) is 0. The number of benzene rings is 2. The van der Waals surface area contributed by atoms with Crippen molar-refractivity contribution in [2.24, 2.45) is 0 Å². The standard InChI is InChI=1S/C36H54N6O7/c1-3-17-37-19-11-21-39-33(43)29(41-35(45)47-25-27-13-7-5-8-14-27)23-31-32(49-31)24-30(34(44)40-22-12-20-38-18-4-2)42-36(46)48-26-28-15-9-6-10-16-28/h5-10,13-16,29-32,37-38H,3-4,11-12,17-26H2,1-2H3,(H,39,43)(H,40,44)(H,41,45)(H,42,46)/t29-,30-,31?,32?/m0/s1. The van der Waals surface area contributed by atoms with Crippen molar-refractivity contribution in [1.82, 2.24) is 31.9 Å². The van der Waals surface area contributed by atoms with Crippen LogP contribution in [0, 0.1) is 0 Å². The van der Waals surface area contributed by atoms with E-state index in [9.17, 15) is 19.2 Å². The van der Waals surface area contributed by atoms with Crippen LogP contribution in [0.3, 0.4) is 0 Å². The largest absolute Gasteiger partial charge is 0.445 e. The highest BCUT2D eigenvalue weighted by atomic mass is 16.6. The van der Waals surface area contributed by atoms with Crippen LogP contribution in [0.2, 0.25) is 0 Å². The summed E-state index contributed by atoms with van der Waals surface area (Å²) in [6, 6.07) is 16.7. The van der Waals surface area contributed by atoms with E-state index in [4.69, 9.17) is 14.2 Å². The molecule has 1 aliphatic rings. The van der Waals surface area contributed by atoms with E-state index in [-0.39, 0.29) is 37.9 Å². The fraction of sp³-hybridized carbons (Fsp3) is 0.556. The Balaban J connectivity index is 1.57. The molecule has 0 aromatic heterocycles. The number of hydrogen-bond donors (Lipinski definition) is 6. The number of epoxide rings is 1. The molecule has 0 aliphatic carbocycles. The maximum absolute atomic E-state index is 13.2. The van der Waals surface area contributed by atoms with Gasteiger partial charge in [-0.25, -0.2) is 9.59 Å². The monoisotopic (exact) mass is 682 g/mol. The normalized spacial score (nSPS) is 16.1. The quantitative estimate of drug-likeness (QED) is 0.0719. The number of carbonyl (C=O) groups is 4. The van der Waals surface area contributed by atoms with Gasteiger partial charge in [-0.05, 0) is 63.0 Å². The summed E-state index contributed by atoms with van der Waals surface area (Å²) >= 11 is 0. The minimum Gasteiger partial charge on any atom is -0.445 e. The summed E-state index contributed by atoms with van der Waals surface area (Å²) < 4.78 is 16.6. The summed E-state index contributed by atoms with van der Waals surface area (Å²) in [4.78, 5) is 51.8. The highest BCUT2D eigenvalue weighted by Crippen LogP contribution is 2.31. The molecule has 0 radical (unpaired) electrons. The molecular weight excluding hydrogens is 628 g/mol. The van der Waals surface area contributed by atoms with E-state index in [2.05, 4.69) is 45.7 Å². The van der Waals surface area contributed by atoms with Crippen molar-refractivity contribution in [2.75, 3.05) is 39.3 Å². The topological polar surface area (TPSA) is 171 Å². The molecule has 0 bridgehead atoms. The molecule has 1 aliphatic heterocycles. The van der Waals surface area contributed by atoms with E-state index in [1.165, 1.54) is 0 Å². The predicted molar refractivity (Wildman–Crippen MR) is 187 cm³/mol. The van der Waals surface area contributed by atoms with Crippen LogP contribution in [0.25, 0.3) is 0 Å². The average Bonchev–Trinajstić information content (AvgIpc) is 3.86. The molecule has 13 nitrogen and oxygen atoms in total. The van der Waals surface area contributed by atoms with Gasteiger partial charge in [0.05, 0.1) is 12.2 Å². The molecule has 4 amide bonds. The minimum atomic E-state index is -0.923. The van der Waals surface area contributed by atoms with Gasteiger partial charge in [-0.3, -0.25) is 9.59 Å². The zero-order chi connectivity index (χ0) is 35.1. The molecule has 0 spiro atoms. The van der Waals surface area contributed by atoms with Gasteiger partial charge in [-0.15, -0.1) is 0 Å². The van der Waals surface area contributed by atoms with Gasteiger partial charge in [0.25, 0.3) is 0 Å². The van der Waals surface area contributed by atoms with Gasteiger partial charge < -0.3 is 46.1 Å². The molecule has 49 heavy (non-hydrogen) atoms. The summed E-state index contributed by atoms with van der Waals surface area (Å²) in [6.07, 6.45) is 1.55. The van der Waals surface area contributed by atoms with Crippen molar-refractivity contribution >= 4 is 24.0 Å². The fourth-order valence-electron chi connectivity index (χ4n) is 5.04. The predicted octanol–water partition coefficient (Wildman–Crippen LogP) is 3.14. The molecule has 13 heteroatoms. The molecule has 6 N–H and O–H groups in total. The summed E-state index contributed by atoms with van der Waals surface area (Å²) in [6.45, 7) is 8.50. The Hall–Kier alpha value is -4.20. The lowest BCUT2D eigenvalue weighted by Crippen LogP contribution is -2.49. The molecule has 1 saturated heterocycles. The number of carbonyl (C=O) groups excluding carboxylic acids is 4. The first-order chi connectivity index (χ1) is 23.9. The van der Waals surface area contributed by atoms with Gasteiger partial charge >= 0.3 is 12.2 Å². The lowest BCUT2D eigenvalue weighted by atomic mass is 10.0. The molecule has 2 aromatic carbocycles. The Bertz CT molecular complexity index is 1160. The second-order valence-corrected chi connectivity index (χ2v) is 12.0. The van der Waals surface area contributed by atoms with Crippen LogP contribution in [-0.2, 0) is 37.0 Å². The maximum atomic E-state index is 13.2. The van der Waals surface area contributed by atoms with E-state index in [0.29, 0.717) is 13.1 Å². The number of rotatable bonds is 24. The lowest BCUT2D eigenvalue weighted by Gasteiger charge is -2.19. The lowest BCUT2D eigenvalue weighted by molar-refractivity contribution is -0.124. The Morgan fingerprint density at radius 2 is 1.02 bits per heavy atom. The molecule has 1 heterocycles. The first-order valence-corrected chi connectivity index (χ1v) is 17.5. The van der Waals surface area contributed by atoms with Gasteiger partial charge in [0.1, 0.15) is 25.3 Å². The van der Waals surface area contributed by atoms with Crippen LogP contribution in [0.4, 0.5) is 9.59 Å². The first-order valence-electron chi connectivity index (χ1n) is 17.5. The van der Waals surface area contributed by atoms with Gasteiger partial charge in [-0.2, -0.15) is 0 Å². The fourth-order valence-corrected chi connectivity index (χ4v) is 5.04.